The summed E-state index contributed by atoms with van der Waals surface area (Å²) in [4.78, 5) is 16.6. The van der Waals surface area contributed by atoms with Gasteiger partial charge in [-0.2, -0.15) is 0 Å². The van der Waals surface area contributed by atoms with Crippen LogP contribution in [0.4, 0.5) is 4.39 Å². The third kappa shape index (κ3) is 4.08. The summed E-state index contributed by atoms with van der Waals surface area (Å²) in [5.41, 5.74) is 2.48. The van der Waals surface area contributed by atoms with Crippen LogP contribution in [0.1, 0.15) is 17.3 Å². The number of sulfone groups is 1. The maximum Gasteiger partial charge on any atom is 0.252 e. The van der Waals surface area contributed by atoms with E-state index >= 15 is 0 Å². The summed E-state index contributed by atoms with van der Waals surface area (Å²) < 4.78 is 37.7. The van der Waals surface area contributed by atoms with E-state index in [1.54, 1.807) is 48.0 Å². The van der Waals surface area contributed by atoms with Crippen LogP contribution in [0.2, 0.25) is 0 Å². The van der Waals surface area contributed by atoms with Crippen molar-refractivity contribution in [1.29, 1.82) is 0 Å². The molecule has 0 aliphatic heterocycles. The highest BCUT2D eigenvalue weighted by atomic mass is 32.2. The highest BCUT2D eigenvalue weighted by molar-refractivity contribution is 7.91. The Morgan fingerprint density at radius 2 is 1.88 bits per heavy atom. The number of nitrogens with one attached hydrogen (secondary N) is 1. The van der Waals surface area contributed by atoms with Crippen molar-refractivity contribution < 1.29 is 17.6 Å². The second kappa shape index (κ2) is 7.25. The summed E-state index contributed by atoms with van der Waals surface area (Å²) in [6.07, 6.45) is 3.37. The molecule has 6 nitrogen and oxygen atoms in total. The summed E-state index contributed by atoms with van der Waals surface area (Å²) in [6, 6.07) is 9.33. The van der Waals surface area contributed by atoms with E-state index in [1.807, 2.05) is 0 Å². The minimum atomic E-state index is -3.12. The van der Waals surface area contributed by atoms with Gasteiger partial charge in [0, 0.05) is 30.3 Å². The predicted octanol–water partition coefficient (Wildman–Crippen LogP) is 2.30. The molecule has 0 aliphatic rings. The lowest BCUT2D eigenvalue weighted by Gasteiger charge is -2.05. The van der Waals surface area contributed by atoms with Crippen LogP contribution in [0.25, 0.3) is 16.9 Å². The van der Waals surface area contributed by atoms with Crippen LogP contribution in [0.5, 0.6) is 0 Å². The Labute approximate surface area is 150 Å². The summed E-state index contributed by atoms with van der Waals surface area (Å²) in [5.74, 6) is -0.704. The maximum atomic E-state index is 13.0. The molecule has 8 heteroatoms. The number of hydrogen-bond acceptors (Lipinski definition) is 4. The Balaban J connectivity index is 1.76. The summed E-state index contributed by atoms with van der Waals surface area (Å²) in [7, 11) is -3.12. The fourth-order valence-corrected chi connectivity index (χ4v) is 3.15. The van der Waals surface area contributed by atoms with Crippen molar-refractivity contribution in [3.05, 3.63) is 60.2 Å². The van der Waals surface area contributed by atoms with Crippen molar-refractivity contribution in [3.8, 4) is 11.3 Å². The lowest BCUT2D eigenvalue weighted by Crippen LogP contribution is -2.29. The molecule has 0 unspecified atom stereocenters. The largest absolute Gasteiger partial charge is 0.351 e. The molecule has 3 rings (SSSR count). The second-order valence-corrected chi connectivity index (χ2v) is 8.28. The number of pyridine rings is 1. The van der Waals surface area contributed by atoms with Crippen LogP contribution in [-0.2, 0) is 9.84 Å². The van der Waals surface area contributed by atoms with Gasteiger partial charge >= 0.3 is 0 Å². The van der Waals surface area contributed by atoms with E-state index in [0.29, 0.717) is 16.9 Å². The first-order valence-corrected chi connectivity index (χ1v) is 9.93. The highest BCUT2D eigenvalue weighted by Gasteiger charge is 2.11. The third-order valence-electron chi connectivity index (χ3n) is 3.99. The molecule has 0 saturated heterocycles. The van der Waals surface area contributed by atoms with Crippen molar-refractivity contribution in [2.45, 2.75) is 6.92 Å². The molecule has 0 atom stereocenters. The molecule has 0 saturated carbocycles. The first-order chi connectivity index (χ1) is 12.4. The fraction of sp³-hybridized carbons (Fsp3) is 0.222. The number of carbonyl (C=O) groups excluding carboxylic acids is 1. The lowest BCUT2D eigenvalue weighted by molar-refractivity contribution is 0.0955. The fourth-order valence-electron chi connectivity index (χ4n) is 2.45. The molecule has 1 aromatic carbocycles. The van der Waals surface area contributed by atoms with Crippen molar-refractivity contribution >= 4 is 21.4 Å². The Bertz CT molecular complexity index is 1040. The molecule has 136 valence electrons. The number of benzene rings is 1. The molecule has 1 N–H and O–H groups in total. The van der Waals surface area contributed by atoms with Gasteiger partial charge in [-0.15, -0.1) is 0 Å². The average Bonchev–Trinajstić information content (AvgIpc) is 3.05. The SMILES string of the molecule is CCS(=O)(=O)CCNC(=O)c1ccc2nc(-c3ccc(F)cc3)cn2c1. The monoisotopic (exact) mass is 375 g/mol. The number of amides is 1. The van der Waals surface area contributed by atoms with Gasteiger partial charge in [-0.3, -0.25) is 4.79 Å². The average molecular weight is 375 g/mol. The molecular formula is C18H18FN3O3S. The number of fused-ring (bicyclic) bond motifs is 1. The molecule has 0 spiro atoms. The highest BCUT2D eigenvalue weighted by Crippen LogP contribution is 2.20. The molecule has 0 bridgehead atoms. The number of rotatable bonds is 6. The molecule has 2 aromatic heterocycles. The Morgan fingerprint density at radius 3 is 2.58 bits per heavy atom. The van der Waals surface area contributed by atoms with Gasteiger partial charge in [0.25, 0.3) is 5.91 Å². The van der Waals surface area contributed by atoms with Crippen molar-refractivity contribution in [2.75, 3.05) is 18.1 Å². The van der Waals surface area contributed by atoms with Gasteiger partial charge in [-0.25, -0.2) is 17.8 Å². The van der Waals surface area contributed by atoms with Crippen LogP contribution >= 0.6 is 0 Å². The van der Waals surface area contributed by atoms with E-state index in [9.17, 15) is 17.6 Å². The van der Waals surface area contributed by atoms with Gasteiger partial charge in [-0.1, -0.05) is 6.92 Å². The lowest BCUT2D eigenvalue weighted by atomic mass is 10.2. The van der Waals surface area contributed by atoms with Crippen LogP contribution in [0.15, 0.2) is 48.8 Å². The third-order valence-corrected chi connectivity index (χ3v) is 5.70. The van der Waals surface area contributed by atoms with Crippen LogP contribution in [0, 0.1) is 5.82 Å². The van der Waals surface area contributed by atoms with Crippen molar-refractivity contribution in [3.63, 3.8) is 0 Å². The molecule has 2 heterocycles. The molecule has 0 radical (unpaired) electrons. The standard InChI is InChI=1S/C18H18FN3O3S/c1-2-26(24,25)10-9-20-18(23)14-5-8-17-21-16(12-22(17)11-14)13-3-6-15(19)7-4-13/h3-8,11-12H,2,9-10H2,1H3,(H,20,23). The van der Waals surface area contributed by atoms with Gasteiger partial charge in [0.05, 0.1) is 17.0 Å². The molecule has 3 aromatic rings. The number of hydrogen-bond donors (Lipinski definition) is 1. The molecular weight excluding hydrogens is 357 g/mol. The zero-order valence-corrected chi connectivity index (χ0v) is 15.0. The first kappa shape index (κ1) is 18.1. The smallest absolute Gasteiger partial charge is 0.252 e. The van der Waals surface area contributed by atoms with Crippen molar-refractivity contribution in [2.24, 2.45) is 0 Å². The van der Waals surface area contributed by atoms with Crippen molar-refractivity contribution in [1.82, 2.24) is 14.7 Å². The van der Waals surface area contributed by atoms with Crippen LogP contribution in [0.3, 0.4) is 0 Å². The second-order valence-electron chi connectivity index (χ2n) is 5.81. The van der Waals surface area contributed by atoms with Crippen LogP contribution < -0.4 is 5.32 Å². The predicted molar refractivity (Wildman–Crippen MR) is 97.2 cm³/mol. The van der Waals surface area contributed by atoms with E-state index in [4.69, 9.17) is 0 Å². The van der Waals surface area contributed by atoms with E-state index < -0.39 is 9.84 Å². The van der Waals surface area contributed by atoms with Gasteiger partial charge in [0.15, 0.2) is 9.84 Å². The van der Waals surface area contributed by atoms with Gasteiger partial charge in [0.2, 0.25) is 0 Å². The number of carbonyl (C=O) groups is 1. The molecule has 0 aliphatic carbocycles. The quantitative estimate of drug-likeness (QED) is 0.717. The Morgan fingerprint density at radius 1 is 1.15 bits per heavy atom. The summed E-state index contributed by atoms with van der Waals surface area (Å²) >= 11 is 0. The zero-order valence-electron chi connectivity index (χ0n) is 14.1. The number of aromatic nitrogens is 2. The van der Waals surface area contributed by atoms with Gasteiger partial charge in [0.1, 0.15) is 11.5 Å². The Kier molecular flexibility index (Phi) is 5.03. The topological polar surface area (TPSA) is 80.5 Å². The van der Waals surface area contributed by atoms with Gasteiger partial charge < -0.3 is 9.72 Å². The van der Waals surface area contributed by atoms with Gasteiger partial charge in [-0.05, 0) is 36.4 Å². The molecule has 1 amide bonds. The normalized spacial score (nSPS) is 11.6. The summed E-state index contributed by atoms with van der Waals surface area (Å²) in [6.45, 7) is 1.64. The van der Waals surface area contributed by atoms with E-state index in [2.05, 4.69) is 10.3 Å². The first-order valence-electron chi connectivity index (χ1n) is 8.11. The summed E-state index contributed by atoms with van der Waals surface area (Å²) in [5, 5.41) is 2.61. The number of halogens is 1. The van der Waals surface area contributed by atoms with E-state index in [1.165, 1.54) is 12.1 Å². The number of imidazole rings is 1. The van der Waals surface area contributed by atoms with Crippen LogP contribution in [-0.4, -0.2) is 41.8 Å². The minimum Gasteiger partial charge on any atom is -0.351 e. The zero-order chi connectivity index (χ0) is 18.7. The molecule has 0 fully saturated rings. The number of nitrogens with zero attached hydrogens (tertiary/aromatic N) is 2. The molecule has 26 heavy (non-hydrogen) atoms. The Hall–Kier alpha value is -2.74. The maximum absolute atomic E-state index is 13.0. The minimum absolute atomic E-state index is 0.0516. The van der Waals surface area contributed by atoms with E-state index in [0.717, 1.165) is 5.56 Å². The van der Waals surface area contributed by atoms with E-state index in [-0.39, 0.29) is 29.8 Å².